The molecule has 13 aromatic rings. The zero-order chi connectivity index (χ0) is 48.7. The number of fused-ring (bicyclic) bond motifs is 9. The minimum atomic E-state index is 1.15. The molecule has 2 nitrogen and oxygen atoms in total. The fourth-order valence-corrected chi connectivity index (χ4v) is 12.3. The number of benzene rings is 11. The molecular formula is C72H46N2. The molecule has 2 aliphatic carbocycles. The molecule has 0 saturated carbocycles. The van der Waals surface area contributed by atoms with Crippen molar-refractivity contribution in [2.45, 2.75) is 0 Å². The lowest BCUT2D eigenvalue weighted by atomic mass is 9.84. The standard InChI is InChI=1S/C72H46N2/c1-7-23-47(24-8-1)57-45-61-62(46-58(57)48-25-9-2-10-26-48)71-70(52-40-42-66-60(44-52)56-36-20-22-38-64(56)74(66)54-33-17-6-18-34-54)68(49-27-11-3-12-28-49)69(50-29-13-4-14-30-50)72(71)67(61)51-39-41-65-59(43-51)55-35-19-21-37-63(55)73(65)53-31-15-5-16-32-53/h1-46H. The lowest BCUT2D eigenvalue weighted by Gasteiger charge is -2.19. The molecule has 0 aliphatic heterocycles. The predicted octanol–water partition coefficient (Wildman–Crippen LogP) is 18.6. The van der Waals surface area contributed by atoms with Crippen molar-refractivity contribution < 1.29 is 0 Å². The summed E-state index contributed by atoms with van der Waals surface area (Å²) in [7, 11) is 0. The molecule has 0 spiro atoms. The molecule has 2 heteroatoms. The molecule has 0 amide bonds. The van der Waals surface area contributed by atoms with Crippen LogP contribution in [0.25, 0.3) is 105 Å². The van der Waals surface area contributed by atoms with Crippen LogP contribution in [-0.2, 0) is 0 Å². The Morgan fingerprint density at radius 3 is 0.946 bits per heavy atom. The van der Waals surface area contributed by atoms with Crippen molar-refractivity contribution in [1.82, 2.24) is 9.13 Å². The summed E-state index contributed by atoms with van der Waals surface area (Å²) in [5, 5.41) is 4.92. The first-order valence-electron chi connectivity index (χ1n) is 25.6. The molecule has 2 aliphatic rings. The molecule has 344 valence electrons. The van der Waals surface area contributed by atoms with Crippen molar-refractivity contribution in [1.29, 1.82) is 0 Å². The fraction of sp³-hybridized carbons (Fsp3) is 0. The minimum absolute atomic E-state index is 1.15. The number of allylic oxidation sites excluding steroid dienone is 5. The van der Waals surface area contributed by atoms with Crippen molar-refractivity contribution in [3.63, 3.8) is 0 Å². The lowest BCUT2D eigenvalue weighted by molar-refractivity contribution is 1.18. The van der Waals surface area contributed by atoms with E-state index < -0.39 is 0 Å². The van der Waals surface area contributed by atoms with E-state index in [2.05, 4.69) is 288 Å². The Balaban J connectivity index is 1.11. The first kappa shape index (κ1) is 42.0. The molecule has 0 saturated heterocycles. The number of hydrogen-bond acceptors (Lipinski definition) is 0. The lowest BCUT2D eigenvalue weighted by Crippen LogP contribution is -1.97. The highest BCUT2D eigenvalue weighted by atomic mass is 15.0. The Morgan fingerprint density at radius 2 is 0.500 bits per heavy atom. The van der Waals surface area contributed by atoms with Crippen molar-refractivity contribution in [3.05, 3.63) is 318 Å². The second-order valence-corrected chi connectivity index (χ2v) is 19.5. The van der Waals surface area contributed by atoms with Gasteiger partial charge in [-0.05, 0) is 162 Å². The zero-order valence-corrected chi connectivity index (χ0v) is 40.5. The maximum Gasteiger partial charge on any atom is 0.0541 e. The van der Waals surface area contributed by atoms with Crippen molar-refractivity contribution in [3.8, 4) is 33.6 Å². The SMILES string of the molecule is c1ccc(C2=C(c3ccccc3)C(c3ccc4c(c3)c3ccccc3n4-c3ccccc3)=C3C2=C(c2ccc4c(c2)c2ccccc2n4-c2ccccc2)c2cc(-c4ccccc4)c(-c4ccccc4)cc23)cc1. The van der Waals surface area contributed by atoms with Crippen molar-refractivity contribution >= 4 is 71.5 Å². The van der Waals surface area contributed by atoms with Crippen molar-refractivity contribution in [2.24, 2.45) is 0 Å². The van der Waals surface area contributed by atoms with Gasteiger partial charge in [0.05, 0.1) is 22.1 Å². The Labute approximate surface area is 430 Å². The van der Waals surface area contributed by atoms with Gasteiger partial charge >= 0.3 is 0 Å². The van der Waals surface area contributed by atoms with E-state index in [1.807, 2.05) is 0 Å². The normalized spacial score (nSPS) is 13.2. The van der Waals surface area contributed by atoms with Crippen LogP contribution in [0.4, 0.5) is 0 Å². The Hall–Kier alpha value is -9.76. The third-order valence-electron chi connectivity index (χ3n) is 15.4. The van der Waals surface area contributed by atoms with Crippen LogP contribution in [0.15, 0.2) is 285 Å². The smallest absolute Gasteiger partial charge is 0.0541 e. The van der Waals surface area contributed by atoms with E-state index in [1.165, 1.54) is 133 Å². The molecule has 2 heterocycles. The topological polar surface area (TPSA) is 9.86 Å². The Morgan fingerprint density at radius 1 is 0.176 bits per heavy atom. The number of hydrogen-bond donors (Lipinski definition) is 0. The van der Waals surface area contributed by atoms with Gasteiger partial charge in [-0.1, -0.05) is 206 Å². The first-order chi connectivity index (χ1) is 36.8. The summed E-state index contributed by atoms with van der Waals surface area (Å²) in [6, 6.07) is 103. The second-order valence-electron chi connectivity index (χ2n) is 19.5. The van der Waals surface area contributed by atoms with Crippen LogP contribution in [0.5, 0.6) is 0 Å². The van der Waals surface area contributed by atoms with E-state index in [-0.39, 0.29) is 0 Å². The molecule has 0 bridgehead atoms. The highest BCUT2D eigenvalue weighted by Crippen LogP contribution is 2.63. The predicted molar refractivity (Wildman–Crippen MR) is 311 cm³/mol. The molecule has 74 heavy (non-hydrogen) atoms. The average Bonchev–Trinajstić information content (AvgIpc) is 4.26. The molecule has 0 unspecified atom stereocenters. The van der Waals surface area contributed by atoms with E-state index >= 15 is 0 Å². The van der Waals surface area contributed by atoms with E-state index in [4.69, 9.17) is 0 Å². The van der Waals surface area contributed by atoms with Gasteiger partial charge in [0, 0.05) is 32.9 Å². The van der Waals surface area contributed by atoms with Gasteiger partial charge in [-0.3, -0.25) is 0 Å². The molecule has 0 fully saturated rings. The Bertz CT molecular complexity index is 4460. The third kappa shape index (κ3) is 6.45. The maximum absolute atomic E-state index is 2.52. The zero-order valence-electron chi connectivity index (χ0n) is 40.5. The largest absolute Gasteiger partial charge is 0.309 e. The summed E-state index contributed by atoms with van der Waals surface area (Å²) in [6.45, 7) is 0. The number of rotatable bonds is 8. The molecule has 0 atom stereocenters. The van der Waals surface area contributed by atoms with Gasteiger partial charge in [-0.25, -0.2) is 0 Å². The van der Waals surface area contributed by atoms with Gasteiger partial charge < -0.3 is 9.13 Å². The van der Waals surface area contributed by atoms with Gasteiger partial charge in [0.1, 0.15) is 0 Å². The highest BCUT2D eigenvalue weighted by Gasteiger charge is 2.41. The van der Waals surface area contributed by atoms with Crippen molar-refractivity contribution in [2.75, 3.05) is 0 Å². The minimum Gasteiger partial charge on any atom is -0.309 e. The molecule has 2 aromatic heterocycles. The van der Waals surface area contributed by atoms with Crippen LogP contribution in [-0.4, -0.2) is 9.13 Å². The molecule has 15 rings (SSSR count). The quantitative estimate of drug-likeness (QED) is 0.144. The van der Waals surface area contributed by atoms with E-state index in [0.717, 1.165) is 11.4 Å². The van der Waals surface area contributed by atoms with E-state index in [9.17, 15) is 0 Å². The van der Waals surface area contributed by atoms with Gasteiger partial charge in [-0.2, -0.15) is 0 Å². The number of aromatic nitrogens is 2. The van der Waals surface area contributed by atoms with Gasteiger partial charge in [0.15, 0.2) is 0 Å². The van der Waals surface area contributed by atoms with Crippen LogP contribution in [0.2, 0.25) is 0 Å². The van der Waals surface area contributed by atoms with Crippen LogP contribution < -0.4 is 0 Å². The molecule has 11 aromatic carbocycles. The molecule has 0 radical (unpaired) electrons. The number of para-hydroxylation sites is 4. The summed E-state index contributed by atoms with van der Waals surface area (Å²) < 4.78 is 4.84. The number of nitrogens with zero attached hydrogens (tertiary/aromatic N) is 2. The summed E-state index contributed by atoms with van der Waals surface area (Å²) in [6.07, 6.45) is 0. The average molecular weight is 939 g/mol. The summed E-state index contributed by atoms with van der Waals surface area (Å²) >= 11 is 0. The summed E-state index contributed by atoms with van der Waals surface area (Å²) in [5.41, 5.74) is 26.6. The van der Waals surface area contributed by atoms with Crippen LogP contribution in [0, 0.1) is 0 Å². The molecular weight excluding hydrogens is 893 g/mol. The summed E-state index contributed by atoms with van der Waals surface area (Å²) in [5.74, 6) is 0. The van der Waals surface area contributed by atoms with Gasteiger partial charge in [0.25, 0.3) is 0 Å². The van der Waals surface area contributed by atoms with Crippen LogP contribution in [0.3, 0.4) is 0 Å². The Kier molecular flexibility index (Phi) is 9.61. The highest BCUT2D eigenvalue weighted by molar-refractivity contribution is 6.40. The van der Waals surface area contributed by atoms with E-state index in [1.54, 1.807) is 0 Å². The molecule has 0 N–H and O–H groups in total. The second kappa shape index (κ2) is 16.9. The first-order valence-corrected chi connectivity index (χ1v) is 25.6. The summed E-state index contributed by atoms with van der Waals surface area (Å²) in [4.78, 5) is 0. The van der Waals surface area contributed by atoms with Crippen LogP contribution in [0.1, 0.15) is 33.4 Å². The van der Waals surface area contributed by atoms with Crippen LogP contribution >= 0.6 is 0 Å². The monoisotopic (exact) mass is 938 g/mol. The third-order valence-corrected chi connectivity index (χ3v) is 15.4. The van der Waals surface area contributed by atoms with Gasteiger partial charge in [-0.15, -0.1) is 0 Å². The fourth-order valence-electron chi connectivity index (χ4n) is 12.3. The van der Waals surface area contributed by atoms with E-state index in [0.29, 0.717) is 0 Å². The van der Waals surface area contributed by atoms with Gasteiger partial charge in [0.2, 0.25) is 0 Å². The maximum atomic E-state index is 2.52.